The van der Waals surface area contributed by atoms with Gasteiger partial charge in [-0.2, -0.15) is 0 Å². The van der Waals surface area contributed by atoms with Crippen molar-refractivity contribution >= 4 is 30.2 Å². The third-order valence-electron chi connectivity index (χ3n) is 10.7. The number of allylic oxidation sites excluding steroid dienone is 6. The standard InChI is InChI=1S/C49H47N5.C6H7N.2C2H6/c1-6-29-52-32-36(4)49(43-23-10-9-11-24-43)46-26-13-12-25-44(46)45-31-42(27-28-47(45)49)41-22-16-21-40(30-41)39-19-14-17-37(18-15-20-39)33-53-48(54-35-50-5)38(7-2)34-51-8-3;1-6-3-2-4-7-5-6;2*1-2/h6-14,16-18,20-32,34-35H,1-2,15,19,33H2,3-5H3,(H,50,53,54);2-5H,1H3;2*1-2H3/b17-14?,36-32+,37-18+,38-34+,39-20+,51-8?,52-29?;;;. The zero-order chi connectivity index (χ0) is 46.9. The van der Waals surface area contributed by atoms with Crippen molar-refractivity contribution < 1.29 is 0 Å². The van der Waals surface area contributed by atoms with E-state index in [1.807, 2.05) is 66.1 Å². The van der Waals surface area contributed by atoms with E-state index in [1.165, 1.54) is 55.6 Å². The first-order valence-electron chi connectivity index (χ1n) is 22.6. The summed E-state index contributed by atoms with van der Waals surface area (Å²) in [7, 11) is 1.72. The second-order valence-corrected chi connectivity index (χ2v) is 14.6. The van der Waals surface area contributed by atoms with Gasteiger partial charge in [0, 0.05) is 49.8 Å². The van der Waals surface area contributed by atoms with E-state index in [1.54, 1.807) is 50.4 Å². The lowest BCUT2D eigenvalue weighted by Crippen LogP contribution is -2.28. The van der Waals surface area contributed by atoms with Gasteiger partial charge in [0.2, 0.25) is 0 Å². The SMILES string of the molecule is C=CC=N/C=C(\C)C1(c2ccccc2)c2ccccc2-c2cc(-c3cccc(/C4=C/C/C=C(/CN=C(NC=NC)/C(C=C)=C/N=CC)C=CC4)c3)ccc21.CC.CC.Cc1cccnc1. The Kier molecular flexibility index (Phi) is 20.9. The molecule has 0 saturated carbocycles. The minimum atomic E-state index is -0.462. The van der Waals surface area contributed by atoms with Crippen LogP contribution in [0.1, 0.15) is 82.2 Å². The highest BCUT2D eigenvalue weighted by atomic mass is 15.0. The van der Waals surface area contributed by atoms with Gasteiger partial charge in [-0.15, -0.1) is 0 Å². The van der Waals surface area contributed by atoms with E-state index in [4.69, 9.17) is 4.99 Å². The van der Waals surface area contributed by atoms with E-state index in [9.17, 15) is 0 Å². The zero-order valence-corrected chi connectivity index (χ0v) is 39.7. The molecule has 1 N–H and O–H groups in total. The van der Waals surface area contributed by atoms with Crippen molar-refractivity contribution in [3.05, 3.63) is 228 Å². The van der Waals surface area contributed by atoms with Crippen molar-refractivity contribution in [2.75, 3.05) is 13.6 Å². The zero-order valence-electron chi connectivity index (χ0n) is 39.7. The minimum absolute atomic E-state index is 0.462. The third kappa shape index (κ3) is 12.9. The van der Waals surface area contributed by atoms with E-state index >= 15 is 0 Å². The molecule has 0 spiro atoms. The Balaban J connectivity index is 0.000000750. The Morgan fingerprint density at radius 1 is 0.785 bits per heavy atom. The van der Waals surface area contributed by atoms with Gasteiger partial charge in [0.15, 0.2) is 0 Å². The van der Waals surface area contributed by atoms with E-state index < -0.39 is 5.41 Å². The molecular formula is C59H66N6. The summed E-state index contributed by atoms with van der Waals surface area (Å²) in [4.78, 5) is 21.6. The molecule has 1 aromatic heterocycles. The number of aromatic nitrogens is 1. The molecule has 7 rings (SSSR count). The van der Waals surface area contributed by atoms with Crippen molar-refractivity contribution in [3.8, 4) is 22.3 Å². The Labute approximate surface area is 389 Å². The monoisotopic (exact) mass is 859 g/mol. The predicted octanol–water partition coefficient (Wildman–Crippen LogP) is 14.7. The second-order valence-electron chi connectivity index (χ2n) is 14.6. The quantitative estimate of drug-likeness (QED) is 0.0771. The molecule has 1 unspecified atom stereocenters. The molecular weight excluding hydrogens is 793 g/mol. The van der Waals surface area contributed by atoms with Crippen LogP contribution >= 0.6 is 0 Å². The minimum Gasteiger partial charge on any atom is -0.331 e. The highest BCUT2D eigenvalue weighted by molar-refractivity contribution is 6.06. The predicted molar refractivity (Wildman–Crippen MR) is 284 cm³/mol. The number of pyridine rings is 1. The summed E-state index contributed by atoms with van der Waals surface area (Å²) >= 11 is 0. The summed E-state index contributed by atoms with van der Waals surface area (Å²) in [6.45, 7) is 22.4. The Bertz CT molecular complexity index is 2600. The average molecular weight is 859 g/mol. The van der Waals surface area contributed by atoms with Crippen LogP contribution in [0.3, 0.4) is 0 Å². The summed E-state index contributed by atoms with van der Waals surface area (Å²) in [5.74, 6) is 0.677. The topological polar surface area (TPSA) is 74.4 Å². The number of aliphatic imine (C=N–C) groups is 4. The van der Waals surface area contributed by atoms with E-state index in [0.717, 1.165) is 29.6 Å². The van der Waals surface area contributed by atoms with Crippen LogP contribution in [0, 0.1) is 6.92 Å². The van der Waals surface area contributed by atoms with Crippen LogP contribution in [0.5, 0.6) is 0 Å². The highest BCUT2D eigenvalue weighted by Gasteiger charge is 2.46. The Morgan fingerprint density at radius 3 is 2.22 bits per heavy atom. The molecule has 332 valence electrons. The lowest BCUT2D eigenvalue weighted by Gasteiger charge is -2.34. The summed E-state index contributed by atoms with van der Waals surface area (Å²) in [6.07, 6.45) is 26.5. The van der Waals surface area contributed by atoms with Gasteiger partial charge in [-0.25, -0.2) is 0 Å². The van der Waals surface area contributed by atoms with Gasteiger partial charge in [-0.3, -0.25) is 25.0 Å². The molecule has 0 fully saturated rings. The van der Waals surface area contributed by atoms with E-state index in [-0.39, 0.29) is 0 Å². The largest absolute Gasteiger partial charge is 0.331 e. The number of fused-ring (bicyclic) bond motifs is 3. The maximum Gasteiger partial charge on any atom is 0.135 e. The fraction of sp³-hybridized carbons (Fsp3) is 0.203. The molecule has 6 nitrogen and oxygen atoms in total. The summed E-state index contributed by atoms with van der Waals surface area (Å²) in [5, 5.41) is 3.16. The average Bonchev–Trinajstić information content (AvgIpc) is 3.65. The van der Waals surface area contributed by atoms with Gasteiger partial charge < -0.3 is 5.32 Å². The van der Waals surface area contributed by atoms with Gasteiger partial charge >= 0.3 is 0 Å². The second kappa shape index (κ2) is 27.0. The molecule has 5 aromatic rings. The molecule has 0 saturated heterocycles. The van der Waals surface area contributed by atoms with Gasteiger partial charge in [0.1, 0.15) is 5.84 Å². The summed E-state index contributed by atoms with van der Waals surface area (Å²) in [5.41, 5.74) is 15.0. The van der Waals surface area contributed by atoms with Crippen molar-refractivity contribution in [3.63, 3.8) is 0 Å². The molecule has 2 aliphatic rings. The first-order chi connectivity index (χ1) is 31.9. The molecule has 1 heterocycles. The van der Waals surface area contributed by atoms with Crippen LogP contribution in [0.25, 0.3) is 27.8 Å². The fourth-order valence-corrected chi connectivity index (χ4v) is 7.85. The molecule has 65 heavy (non-hydrogen) atoms. The third-order valence-corrected chi connectivity index (χ3v) is 10.7. The molecule has 2 aliphatic carbocycles. The molecule has 0 bridgehead atoms. The maximum absolute atomic E-state index is 4.84. The molecule has 4 aromatic carbocycles. The Morgan fingerprint density at radius 2 is 1.52 bits per heavy atom. The van der Waals surface area contributed by atoms with Crippen LogP contribution < -0.4 is 5.32 Å². The smallest absolute Gasteiger partial charge is 0.135 e. The normalized spacial score (nSPS) is 17.3. The molecule has 0 radical (unpaired) electrons. The van der Waals surface area contributed by atoms with Crippen LogP contribution in [-0.2, 0) is 5.41 Å². The number of nitrogens with zero attached hydrogens (tertiary/aromatic N) is 5. The molecule has 1 atom stereocenters. The van der Waals surface area contributed by atoms with Gasteiger partial charge in [0.25, 0.3) is 0 Å². The van der Waals surface area contributed by atoms with Crippen LogP contribution in [-0.4, -0.2) is 43.2 Å². The van der Waals surface area contributed by atoms with Gasteiger partial charge in [-0.1, -0.05) is 168 Å². The van der Waals surface area contributed by atoms with E-state index in [0.29, 0.717) is 12.4 Å². The van der Waals surface area contributed by atoms with Gasteiger partial charge in [0.05, 0.1) is 18.3 Å². The number of aryl methyl sites for hydroxylation is 1. The van der Waals surface area contributed by atoms with Crippen LogP contribution in [0.4, 0.5) is 0 Å². The number of amidine groups is 1. The van der Waals surface area contributed by atoms with Crippen molar-refractivity contribution in [2.24, 2.45) is 20.0 Å². The van der Waals surface area contributed by atoms with Gasteiger partial charge in [-0.05, 0) is 119 Å². The number of hydrogen-bond acceptors (Lipinski definition) is 5. The number of rotatable bonds is 12. The first kappa shape index (κ1) is 50.3. The molecule has 6 heteroatoms. The maximum atomic E-state index is 4.84. The molecule has 0 aliphatic heterocycles. The fourth-order valence-electron chi connectivity index (χ4n) is 7.85. The number of hydrogen-bond donors (Lipinski definition) is 1. The van der Waals surface area contributed by atoms with Crippen molar-refractivity contribution in [1.82, 2.24) is 10.3 Å². The van der Waals surface area contributed by atoms with Crippen LogP contribution in [0.15, 0.2) is 220 Å². The highest BCUT2D eigenvalue weighted by Crippen LogP contribution is 2.56. The molecule has 0 amide bonds. The summed E-state index contributed by atoms with van der Waals surface area (Å²) < 4.78 is 0. The first-order valence-corrected chi connectivity index (χ1v) is 22.6. The lowest BCUT2D eigenvalue weighted by atomic mass is 9.68. The Hall–Kier alpha value is -7.31. The number of benzene rings is 4. The summed E-state index contributed by atoms with van der Waals surface area (Å²) in [6, 6.07) is 39.5. The van der Waals surface area contributed by atoms with Crippen molar-refractivity contribution in [1.29, 1.82) is 0 Å². The lowest BCUT2D eigenvalue weighted by molar-refractivity contribution is 0.743. The van der Waals surface area contributed by atoms with Crippen LogP contribution in [0.2, 0.25) is 0 Å². The number of nitrogens with one attached hydrogen (secondary N) is 1. The van der Waals surface area contributed by atoms with Crippen molar-refractivity contribution in [2.45, 2.75) is 66.7 Å². The van der Waals surface area contributed by atoms with E-state index in [2.05, 4.69) is 167 Å².